The van der Waals surface area contributed by atoms with Gasteiger partial charge in [-0.2, -0.15) is 5.26 Å². The minimum absolute atomic E-state index is 0.304. The van der Waals surface area contributed by atoms with Gasteiger partial charge in [0.2, 0.25) is 0 Å². The second kappa shape index (κ2) is 6.12. The molecule has 0 aromatic heterocycles. The van der Waals surface area contributed by atoms with Crippen LogP contribution < -0.4 is 4.74 Å². The predicted molar refractivity (Wildman–Crippen MR) is 60.8 cm³/mol. The zero-order chi connectivity index (χ0) is 11.8. The average Bonchev–Trinajstić information content (AvgIpc) is 2.34. The molecule has 0 saturated heterocycles. The fourth-order valence-corrected chi connectivity index (χ4v) is 1.18. The van der Waals surface area contributed by atoms with E-state index in [1.807, 2.05) is 6.07 Å². The minimum atomic E-state index is 0.304. The number of methoxy groups -OCH3 is 1. The molecular formula is C11H10N4O. The minimum Gasteiger partial charge on any atom is -0.495 e. The molecule has 5 heteroatoms. The molecule has 1 aromatic carbocycles. The summed E-state index contributed by atoms with van der Waals surface area (Å²) in [7, 11) is 1.52. The summed E-state index contributed by atoms with van der Waals surface area (Å²) in [5.41, 5.74) is 9.47. The Morgan fingerprint density at radius 3 is 3.06 bits per heavy atom. The summed E-state index contributed by atoms with van der Waals surface area (Å²) in [5, 5.41) is 12.2. The molecule has 0 aliphatic carbocycles. The Labute approximate surface area is 93.2 Å². The molecule has 1 aromatic rings. The number of benzene rings is 1. The Balaban J connectivity index is 2.87. The van der Waals surface area contributed by atoms with E-state index < -0.39 is 0 Å². The Bertz CT molecular complexity index is 481. The standard InChI is InChI=1S/C11H10N4O/c1-16-11-7-9(3-2-6-14-15-13)4-5-10(11)8-12/h2-5,7H,6H2,1H3. The summed E-state index contributed by atoms with van der Waals surface area (Å²) < 4.78 is 5.07. The number of hydrogen-bond acceptors (Lipinski definition) is 3. The van der Waals surface area contributed by atoms with Gasteiger partial charge in [-0.05, 0) is 23.2 Å². The largest absolute Gasteiger partial charge is 0.495 e. The van der Waals surface area contributed by atoms with E-state index in [4.69, 9.17) is 15.5 Å². The van der Waals surface area contributed by atoms with Crippen LogP contribution in [-0.2, 0) is 0 Å². The number of hydrogen-bond donors (Lipinski definition) is 0. The summed E-state index contributed by atoms with van der Waals surface area (Å²) in [6, 6.07) is 7.28. The molecule has 0 atom stereocenters. The first-order valence-electron chi connectivity index (χ1n) is 4.57. The molecule has 0 fully saturated rings. The van der Waals surface area contributed by atoms with Gasteiger partial charge in [-0.1, -0.05) is 23.3 Å². The maximum Gasteiger partial charge on any atom is 0.137 e. The lowest BCUT2D eigenvalue weighted by atomic mass is 10.1. The molecule has 0 amide bonds. The normalized spacial score (nSPS) is 9.50. The molecule has 0 heterocycles. The number of nitriles is 1. The van der Waals surface area contributed by atoms with E-state index >= 15 is 0 Å². The van der Waals surface area contributed by atoms with Gasteiger partial charge < -0.3 is 4.74 Å². The smallest absolute Gasteiger partial charge is 0.137 e. The maximum absolute atomic E-state index is 8.78. The van der Waals surface area contributed by atoms with Crippen molar-refractivity contribution in [3.05, 3.63) is 45.8 Å². The third kappa shape index (κ3) is 3.05. The third-order valence-electron chi connectivity index (χ3n) is 1.91. The van der Waals surface area contributed by atoms with Crippen molar-refractivity contribution in [1.82, 2.24) is 0 Å². The molecule has 0 radical (unpaired) electrons. The third-order valence-corrected chi connectivity index (χ3v) is 1.91. The monoisotopic (exact) mass is 214 g/mol. The lowest BCUT2D eigenvalue weighted by Crippen LogP contribution is -1.88. The molecule has 0 unspecified atom stereocenters. The summed E-state index contributed by atoms with van der Waals surface area (Å²) in [6.07, 6.45) is 3.54. The van der Waals surface area contributed by atoms with Crippen LogP contribution in [0.15, 0.2) is 29.4 Å². The van der Waals surface area contributed by atoms with Gasteiger partial charge in [0.15, 0.2) is 0 Å². The van der Waals surface area contributed by atoms with Gasteiger partial charge >= 0.3 is 0 Å². The molecular weight excluding hydrogens is 204 g/mol. The van der Waals surface area contributed by atoms with Crippen molar-refractivity contribution in [2.75, 3.05) is 13.7 Å². The topological polar surface area (TPSA) is 81.8 Å². The fraction of sp³-hybridized carbons (Fsp3) is 0.182. The highest BCUT2D eigenvalue weighted by atomic mass is 16.5. The van der Waals surface area contributed by atoms with Gasteiger partial charge in [0, 0.05) is 11.5 Å². The highest BCUT2D eigenvalue weighted by molar-refractivity contribution is 5.56. The Morgan fingerprint density at radius 2 is 2.44 bits per heavy atom. The van der Waals surface area contributed by atoms with E-state index in [2.05, 4.69) is 10.0 Å². The summed E-state index contributed by atoms with van der Waals surface area (Å²) in [5.74, 6) is 0.536. The lowest BCUT2D eigenvalue weighted by molar-refractivity contribution is 0.413. The van der Waals surface area contributed by atoms with Gasteiger partial charge in [0.1, 0.15) is 11.8 Å². The van der Waals surface area contributed by atoms with Gasteiger partial charge in [-0.3, -0.25) is 0 Å². The highest BCUT2D eigenvalue weighted by Gasteiger charge is 2.01. The zero-order valence-electron chi connectivity index (χ0n) is 8.79. The van der Waals surface area contributed by atoms with Gasteiger partial charge in [-0.15, -0.1) is 0 Å². The second-order valence-electron chi connectivity index (χ2n) is 2.89. The van der Waals surface area contributed by atoms with Crippen LogP contribution in [0.25, 0.3) is 16.5 Å². The average molecular weight is 214 g/mol. The summed E-state index contributed by atoms with van der Waals surface area (Å²) in [6.45, 7) is 0.304. The number of azide groups is 1. The lowest BCUT2D eigenvalue weighted by Gasteiger charge is -2.02. The Kier molecular flexibility index (Phi) is 4.45. The molecule has 0 N–H and O–H groups in total. The van der Waals surface area contributed by atoms with Crippen molar-refractivity contribution in [3.63, 3.8) is 0 Å². The molecule has 80 valence electrons. The van der Waals surface area contributed by atoms with Crippen molar-refractivity contribution >= 4 is 6.08 Å². The molecule has 1 rings (SSSR count). The van der Waals surface area contributed by atoms with Crippen LogP contribution in [0.4, 0.5) is 0 Å². The number of ether oxygens (including phenoxy) is 1. The van der Waals surface area contributed by atoms with Crippen LogP contribution in [0.3, 0.4) is 0 Å². The van der Waals surface area contributed by atoms with Crippen LogP contribution in [0, 0.1) is 11.3 Å². The SMILES string of the molecule is COc1cc(C=CCN=[N+]=[N-])ccc1C#N. The molecule has 0 aliphatic rings. The maximum atomic E-state index is 8.78. The van der Waals surface area contributed by atoms with E-state index in [1.165, 1.54) is 7.11 Å². The van der Waals surface area contributed by atoms with Crippen molar-refractivity contribution in [2.24, 2.45) is 5.11 Å². The highest BCUT2D eigenvalue weighted by Crippen LogP contribution is 2.19. The van der Waals surface area contributed by atoms with Crippen LogP contribution in [-0.4, -0.2) is 13.7 Å². The molecule has 0 aliphatic heterocycles. The van der Waals surface area contributed by atoms with E-state index in [-0.39, 0.29) is 0 Å². The van der Waals surface area contributed by atoms with Crippen LogP contribution in [0.1, 0.15) is 11.1 Å². The van der Waals surface area contributed by atoms with Crippen molar-refractivity contribution < 1.29 is 4.74 Å². The quantitative estimate of drug-likeness (QED) is 0.438. The van der Waals surface area contributed by atoms with Gasteiger partial charge in [-0.25, -0.2) is 0 Å². The molecule has 0 saturated carbocycles. The first-order chi connectivity index (χ1) is 7.81. The first kappa shape index (κ1) is 11.6. The second-order valence-corrected chi connectivity index (χ2v) is 2.89. The fourth-order valence-electron chi connectivity index (χ4n) is 1.18. The van der Waals surface area contributed by atoms with E-state index in [0.29, 0.717) is 17.9 Å². The Hall–Kier alpha value is -2.44. The predicted octanol–water partition coefficient (Wildman–Crippen LogP) is 2.89. The molecule has 16 heavy (non-hydrogen) atoms. The Morgan fingerprint density at radius 1 is 1.62 bits per heavy atom. The van der Waals surface area contributed by atoms with Crippen molar-refractivity contribution in [1.29, 1.82) is 5.26 Å². The van der Waals surface area contributed by atoms with E-state index in [0.717, 1.165) is 5.56 Å². The van der Waals surface area contributed by atoms with E-state index in [1.54, 1.807) is 30.4 Å². The van der Waals surface area contributed by atoms with Crippen LogP contribution in [0.2, 0.25) is 0 Å². The summed E-state index contributed by atoms with van der Waals surface area (Å²) in [4.78, 5) is 2.63. The van der Waals surface area contributed by atoms with Gasteiger partial charge in [0.25, 0.3) is 0 Å². The van der Waals surface area contributed by atoms with E-state index in [9.17, 15) is 0 Å². The van der Waals surface area contributed by atoms with Gasteiger partial charge in [0.05, 0.1) is 12.7 Å². The molecule has 0 spiro atoms. The van der Waals surface area contributed by atoms with Crippen LogP contribution in [0.5, 0.6) is 5.75 Å². The molecule has 5 nitrogen and oxygen atoms in total. The number of rotatable bonds is 4. The first-order valence-corrected chi connectivity index (χ1v) is 4.57. The van der Waals surface area contributed by atoms with Crippen molar-refractivity contribution in [3.8, 4) is 11.8 Å². The number of nitrogens with zero attached hydrogens (tertiary/aromatic N) is 4. The van der Waals surface area contributed by atoms with Crippen LogP contribution >= 0.6 is 0 Å². The molecule has 0 bridgehead atoms. The zero-order valence-corrected chi connectivity index (χ0v) is 8.79. The summed E-state index contributed by atoms with van der Waals surface area (Å²) >= 11 is 0. The van der Waals surface area contributed by atoms with Crippen molar-refractivity contribution in [2.45, 2.75) is 0 Å².